The van der Waals surface area contributed by atoms with Gasteiger partial charge in [0.2, 0.25) is 0 Å². The molecule has 388 valence electrons. The van der Waals surface area contributed by atoms with E-state index in [-0.39, 0.29) is 40.9 Å². The van der Waals surface area contributed by atoms with E-state index in [1.54, 1.807) is 0 Å². The molecule has 0 spiro atoms. The van der Waals surface area contributed by atoms with E-state index in [4.69, 9.17) is 55.8 Å². The highest BCUT2D eigenvalue weighted by Crippen LogP contribution is 2.42. The number of carbonyl (C=O) groups is 4. The summed E-state index contributed by atoms with van der Waals surface area (Å²) in [6.07, 6.45) is -21.3. The summed E-state index contributed by atoms with van der Waals surface area (Å²) >= 11 is 0. The van der Waals surface area contributed by atoms with Gasteiger partial charge in [-0.3, -0.25) is 9.88 Å². The van der Waals surface area contributed by atoms with Crippen LogP contribution in [0.2, 0.25) is 0 Å². The van der Waals surface area contributed by atoms with Crippen LogP contribution in [-0.2, 0) is 25.4 Å². The van der Waals surface area contributed by atoms with E-state index >= 15 is 4.39 Å². The number of fused-ring (bicyclic) bond motifs is 2. The number of ether oxygens (including phenoxy) is 1. The Kier molecular flexibility index (Phi) is 19.1. The number of nitrogens with zero attached hydrogens (tertiary/aromatic N) is 6. The SMILES string of the molecule is Cc1cc(N)nc(-c2ncc3c(N4CCC[C@H](N)C4)nc(OC[C@@]45CCCN4C[C@H](F)C5)nc3c2F)c1C(F)(F)F.O=C(O)C(F)(F)F.O=C(O)C(F)(F)F.O=C(O)C(F)(F)F.O=C(O)C(F)(F)F. The highest BCUT2D eigenvalue weighted by Gasteiger charge is 2.50. The Hall–Kier alpha value is -6.35. The minimum Gasteiger partial charge on any atom is -0.475 e. The quantitative estimate of drug-likeness (QED) is 0.148. The number of hydrogen-bond donors (Lipinski definition) is 6. The first-order valence-electron chi connectivity index (χ1n) is 18.7. The van der Waals surface area contributed by atoms with Gasteiger partial charge >= 0.3 is 60.8 Å². The van der Waals surface area contributed by atoms with Gasteiger partial charge in [-0.15, -0.1) is 0 Å². The predicted octanol–water partition coefficient (Wildman–Crippen LogP) is 6.55. The zero-order valence-electron chi connectivity index (χ0n) is 34.5. The number of rotatable bonds is 5. The van der Waals surface area contributed by atoms with E-state index in [9.17, 15) is 70.2 Å². The molecule has 3 saturated heterocycles. The smallest absolute Gasteiger partial charge is 0.475 e. The normalized spacial score (nSPS) is 19.6. The van der Waals surface area contributed by atoms with Gasteiger partial charge in [-0.1, -0.05) is 0 Å². The molecule has 3 fully saturated rings. The van der Waals surface area contributed by atoms with Crippen molar-refractivity contribution in [2.45, 2.75) is 87.7 Å². The van der Waals surface area contributed by atoms with Crippen LogP contribution in [0, 0.1) is 12.7 Å². The maximum absolute atomic E-state index is 16.2. The van der Waals surface area contributed by atoms with Crippen LogP contribution in [0.25, 0.3) is 22.3 Å². The Morgan fingerprint density at radius 1 is 0.768 bits per heavy atom. The Morgan fingerprint density at radius 2 is 1.26 bits per heavy atom. The molecule has 3 aliphatic rings. The van der Waals surface area contributed by atoms with Crippen molar-refractivity contribution in [3.63, 3.8) is 0 Å². The number of anilines is 2. The number of carboxylic acid groups (broad SMARTS) is 4. The highest BCUT2D eigenvalue weighted by molar-refractivity contribution is 5.92. The van der Waals surface area contributed by atoms with Gasteiger partial charge in [0.15, 0.2) is 5.82 Å². The highest BCUT2D eigenvalue weighted by atomic mass is 19.4. The first kappa shape index (κ1) is 58.8. The van der Waals surface area contributed by atoms with Gasteiger partial charge in [0, 0.05) is 38.3 Å². The molecule has 0 radical (unpaired) electrons. The molecule has 0 unspecified atom stereocenters. The molecule has 6 heterocycles. The minimum absolute atomic E-state index is 0.103. The van der Waals surface area contributed by atoms with Crippen molar-refractivity contribution in [3.8, 4) is 17.4 Å². The first-order valence-corrected chi connectivity index (χ1v) is 18.7. The van der Waals surface area contributed by atoms with Crippen molar-refractivity contribution in [3.05, 3.63) is 29.2 Å². The standard InChI is InChI=1S/C27H31F5N8O.4C2HF3O2/c1-14-8-18(34)36-22(19(14)27(30,31)32)23-20(29)21-17(10-35-23)24(39-6-2-4-16(33)12-39)38-25(37-21)41-13-26-5-3-7-40(26)11-15(28)9-26;4*3-2(4,5)1(6)7/h8,10,15-16H,2-7,9,11-13,33H2,1H3,(H2,34,36);4*(H,6,7)/t15-,16+,26+;;;;/m1..../s1. The lowest BCUT2D eigenvalue weighted by atomic mass is 9.95. The Labute approximate surface area is 373 Å². The molecule has 17 nitrogen and oxygen atoms in total. The average Bonchev–Trinajstić information content (AvgIpc) is 3.71. The number of nitrogens with two attached hydrogens (primary N) is 2. The first-order chi connectivity index (χ1) is 31.2. The summed E-state index contributed by atoms with van der Waals surface area (Å²) in [7, 11) is 0. The summed E-state index contributed by atoms with van der Waals surface area (Å²) in [4.78, 5) is 56.3. The molecule has 8 N–H and O–H groups in total. The zero-order valence-corrected chi connectivity index (χ0v) is 34.5. The van der Waals surface area contributed by atoms with E-state index in [2.05, 4.69) is 24.8 Å². The van der Waals surface area contributed by atoms with Crippen LogP contribution in [-0.4, -0.2) is 144 Å². The lowest BCUT2D eigenvalue weighted by Gasteiger charge is -2.33. The maximum atomic E-state index is 16.2. The van der Waals surface area contributed by atoms with Crippen molar-refractivity contribution in [2.24, 2.45) is 5.73 Å². The maximum Gasteiger partial charge on any atom is 0.490 e. The summed E-state index contributed by atoms with van der Waals surface area (Å²) in [6, 6.07) is 0.780. The molecule has 69 heavy (non-hydrogen) atoms. The zero-order chi connectivity index (χ0) is 53.4. The average molecular weight is 1030 g/mol. The number of piperidine rings is 1. The van der Waals surface area contributed by atoms with E-state index in [0.717, 1.165) is 38.3 Å². The van der Waals surface area contributed by atoms with Crippen LogP contribution in [0.1, 0.15) is 43.2 Å². The Morgan fingerprint density at radius 3 is 1.71 bits per heavy atom. The van der Waals surface area contributed by atoms with Crippen LogP contribution < -0.4 is 21.1 Å². The third-order valence-electron chi connectivity index (χ3n) is 9.35. The number of carboxylic acids is 4. The number of halogens is 17. The fraction of sp³-hybridized carbons (Fsp3) is 0.543. The predicted molar refractivity (Wildman–Crippen MR) is 197 cm³/mol. The second-order valence-corrected chi connectivity index (χ2v) is 14.5. The second kappa shape index (κ2) is 22.4. The number of alkyl halides is 16. The van der Waals surface area contributed by atoms with Gasteiger partial charge in [0.25, 0.3) is 0 Å². The Bertz CT molecular complexity index is 2220. The van der Waals surface area contributed by atoms with Crippen LogP contribution in [0.3, 0.4) is 0 Å². The van der Waals surface area contributed by atoms with E-state index in [1.165, 1.54) is 13.1 Å². The van der Waals surface area contributed by atoms with Gasteiger partial charge < -0.3 is 41.5 Å². The molecule has 3 atom stereocenters. The molecule has 34 heteroatoms. The fourth-order valence-electron chi connectivity index (χ4n) is 6.57. The number of hydrogen-bond acceptors (Lipinski definition) is 13. The van der Waals surface area contributed by atoms with E-state index in [1.807, 2.05) is 4.90 Å². The number of nitrogen functional groups attached to an aromatic ring is 1. The molecule has 0 aromatic carbocycles. The van der Waals surface area contributed by atoms with E-state index in [0.29, 0.717) is 31.9 Å². The number of aryl methyl sites for hydroxylation is 1. The molecular weight excluding hydrogens is 999 g/mol. The number of pyridine rings is 2. The van der Waals surface area contributed by atoms with E-state index < -0.39 is 89.2 Å². The van der Waals surface area contributed by atoms with Gasteiger partial charge in [-0.05, 0) is 50.8 Å². The molecule has 0 saturated carbocycles. The van der Waals surface area contributed by atoms with Gasteiger partial charge in [0.05, 0.1) is 16.5 Å². The summed E-state index contributed by atoms with van der Waals surface area (Å²) in [5.41, 5.74) is 8.49. The lowest BCUT2D eigenvalue weighted by Crippen LogP contribution is -2.44. The molecule has 3 aliphatic heterocycles. The van der Waals surface area contributed by atoms with Crippen LogP contribution in [0.4, 0.5) is 86.3 Å². The third-order valence-corrected chi connectivity index (χ3v) is 9.35. The molecule has 3 aromatic rings. The largest absolute Gasteiger partial charge is 0.490 e. The summed E-state index contributed by atoms with van der Waals surface area (Å²) in [5, 5.41) is 28.7. The second-order valence-electron chi connectivity index (χ2n) is 14.5. The molecule has 0 bridgehead atoms. The van der Waals surface area contributed by atoms with Crippen LogP contribution >= 0.6 is 0 Å². The molecule has 0 amide bonds. The van der Waals surface area contributed by atoms with Crippen molar-refractivity contribution >= 4 is 46.4 Å². The number of aliphatic carboxylic acids is 4. The van der Waals surface area contributed by atoms with Crippen LogP contribution in [0.15, 0.2) is 12.3 Å². The van der Waals surface area contributed by atoms with Crippen molar-refractivity contribution in [2.75, 3.05) is 43.4 Å². The minimum atomic E-state index is -5.08. The summed E-state index contributed by atoms with van der Waals surface area (Å²) in [6.45, 7) is 3.44. The monoisotopic (exact) mass is 1030 g/mol. The lowest BCUT2D eigenvalue weighted by molar-refractivity contribution is -0.193. The molecule has 0 aliphatic carbocycles. The number of aromatic nitrogens is 4. The van der Waals surface area contributed by atoms with Gasteiger partial charge in [-0.25, -0.2) is 32.9 Å². The Balaban J connectivity index is 0.000000474. The molecule has 6 rings (SSSR count). The van der Waals surface area contributed by atoms with Crippen molar-refractivity contribution in [1.82, 2.24) is 24.8 Å². The topological polar surface area (TPSA) is 269 Å². The molecular formula is C35H35F17N8O9. The summed E-state index contributed by atoms with van der Waals surface area (Å²) in [5.74, 6) is -12.0. The third kappa shape index (κ3) is 16.7. The molecule has 3 aromatic heterocycles. The van der Waals surface area contributed by atoms with Crippen molar-refractivity contribution in [1.29, 1.82) is 0 Å². The fourth-order valence-corrected chi connectivity index (χ4v) is 6.57. The van der Waals surface area contributed by atoms with Crippen molar-refractivity contribution < 1.29 is 119 Å². The van der Waals surface area contributed by atoms with Crippen LogP contribution in [0.5, 0.6) is 6.01 Å². The van der Waals surface area contributed by atoms with Gasteiger partial charge in [0.1, 0.15) is 41.3 Å². The summed E-state index contributed by atoms with van der Waals surface area (Å²) < 4.78 is 206. The van der Waals surface area contributed by atoms with Gasteiger partial charge in [-0.2, -0.15) is 75.8 Å².